The molecule has 7 nitrogen and oxygen atoms in total. The molecule has 2 aromatic carbocycles. The Hall–Kier alpha value is -3.06. The molecule has 7 heteroatoms. The van der Waals surface area contributed by atoms with Gasteiger partial charge in [-0.15, -0.1) is 0 Å². The third-order valence-corrected chi connectivity index (χ3v) is 5.00. The summed E-state index contributed by atoms with van der Waals surface area (Å²) in [4.78, 5) is 17.5. The Labute approximate surface area is 177 Å². The predicted octanol–water partition coefficient (Wildman–Crippen LogP) is 3.70. The average molecular weight is 412 g/mol. The van der Waals surface area contributed by atoms with Crippen molar-refractivity contribution < 1.29 is 19.0 Å². The summed E-state index contributed by atoms with van der Waals surface area (Å²) in [5, 5.41) is 6.16. The molecule has 0 aliphatic carbocycles. The summed E-state index contributed by atoms with van der Waals surface area (Å²) in [6.45, 7) is 5.28. The second-order valence-corrected chi connectivity index (χ2v) is 7.29. The Morgan fingerprint density at radius 3 is 2.63 bits per heavy atom. The van der Waals surface area contributed by atoms with E-state index in [-0.39, 0.29) is 12.0 Å². The first-order valence-electron chi connectivity index (χ1n) is 10.0. The van der Waals surface area contributed by atoms with Crippen molar-refractivity contribution in [3.8, 4) is 11.5 Å². The highest BCUT2D eigenvalue weighted by molar-refractivity contribution is 6.10. The molecular formula is C23H29N3O4. The summed E-state index contributed by atoms with van der Waals surface area (Å²) in [5.41, 5.74) is 3.52. The number of nitrogens with one attached hydrogen (secondary N) is 2. The van der Waals surface area contributed by atoms with Gasteiger partial charge < -0.3 is 19.5 Å². The molecule has 3 rings (SSSR count). The zero-order chi connectivity index (χ0) is 21.5. The van der Waals surface area contributed by atoms with Crippen LogP contribution in [0.4, 0.5) is 5.69 Å². The van der Waals surface area contributed by atoms with Crippen LogP contribution in [0.1, 0.15) is 34.3 Å². The second-order valence-electron chi connectivity index (χ2n) is 7.29. The normalized spacial score (nSPS) is 16.3. The van der Waals surface area contributed by atoms with E-state index in [9.17, 15) is 4.79 Å². The van der Waals surface area contributed by atoms with Crippen LogP contribution in [0, 0.1) is 13.8 Å². The van der Waals surface area contributed by atoms with Crippen molar-refractivity contribution in [2.45, 2.75) is 32.8 Å². The van der Waals surface area contributed by atoms with Gasteiger partial charge in [-0.1, -0.05) is 12.1 Å². The van der Waals surface area contributed by atoms with E-state index in [1.54, 1.807) is 25.3 Å². The molecule has 1 aliphatic heterocycles. The van der Waals surface area contributed by atoms with Crippen molar-refractivity contribution >= 4 is 17.6 Å². The molecule has 0 radical (unpaired) electrons. The van der Waals surface area contributed by atoms with Crippen LogP contribution >= 0.6 is 0 Å². The lowest BCUT2D eigenvalue weighted by Gasteiger charge is -2.16. The SMILES string of the molecule is COc1ccc(C(=O)NC(=NC[C@H]2CCCO2)Nc2cc(C)ccc2C)cc1OC. The molecule has 1 heterocycles. The Morgan fingerprint density at radius 1 is 1.13 bits per heavy atom. The second kappa shape index (κ2) is 10.1. The zero-order valence-electron chi connectivity index (χ0n) is 18.0. The predicted molar refractivity (Wildman–Crippen MR) is 118 cm³/mol. The number of carbonyl (C=O) groups is 1. The van der Waals surface area contributed by atoms with Gasteiger partial charge in [0.25, 0.3) is 5.91 Å². The minimum atomic E-state index is -0.292. The van der Waals surface area contributed by atoms with Crippen LogP contribution in [0.25, 0.3) is 0 Å². The van der Waals surface area contributed by atoms with E-state index in [1.807, 2.05) is 32.0 Å². The first-order valence-corrected chi connectivity index (χ1v) is 10.0. The zero-order valence-corrected chi connectivity index (χ0v) is 18.0. The van der Waals surface area contributed by atoms with Gasteiger partial charge in [0.1, 0.15) is 0 Å². The first-order chi connectivity index (χ1) is 14.5. The fraction of sp³-hybridized carbons (Fsp3) is 0.391. The number of aliphatic imine (C=N–C) groups is 1. The van der Waals surface area contributed by atoms with Gasteiger partial charge in [-0.2, -0.15) is 0 Å². The van der Waals surface area contributed by atoms with E-state index in [2.05, 4.69) is 15.6 Å². The van der Waals surface area contributed by atoms with Gasteiger partial charge in [0.2, 0.25) is 5.96 Å². The average Bonchev–Trinajstić information content (AvgIpc) is 3.27. The number of ether oxygens (including phenoxy) is 3. The van der Waals surface area contributed by atoms with Crippen molar-refractivity contribution in [2.24, 2.45) is 4.99 Å². The number of rotatable bonds is 6. The van der Waals surface area contributed by atoms with Crippen molar-refractivity contribution in [3.63, 3.8) is 0 Å². The molecule has 0 saturated carbocycles. The summed E-state index contributed by atoms with van der Waals surface area (Å²) in [7, 11) is 3.09. The maximum atomic E-state index is 12.9. The highest BCUT2D eigenvalue weighted by atomic mass is 16.5. The molecule has 160 valence electrons. The number of amides is 1. The van der Waals surface area contributed by atoms with Crippen LogP contribution in [0.3, 0.4) is 0 Å². The van der Waals surface area contributed by atoms with Crippen molar-refractivity contribution in [1.29, 1.82) is 0 Å². The number of anilines is 1. The first kappa shape index (κ1) is 21.6. The standard InChI is InChI=1S/C23H29N3O4/c1-15-7-8-16(2)19(12-15)25-23(24-14-18-6-5-11-30-18)26-22(27)17-9-10-20(28-3)21(13-17)29-4/h7-10,12-13,18H,5-6,11,14H2,1-4H3,(H2,24,25,26,27)/t18-/m1/s1. The molecule has 1 amide bonds. The van der Waals surface area contributed by atoms with E-state index in [4.69, 9.17) is 14.2 Å². The smallest absolute Gasteiger partial charge is 0.258 e. The van der Waals surface area contributed by atoms with E-state index in [1.165, 1.54) is 7.11 Å². The number of nitrogens with zero attached hydrogens (tertiary/aromatic N) is 1. The maximum absolute atomic E-state index is 12.9. The Bertz CT molecular complexity index is 921. The van der Waals surface area contributed by atoms with E-state index < -0.39 is 0 Å². The van der Waals surface area contributed by atoms with Crippen LogP contribution in [-0.2, 0) is 4.74 Å². The third kappa shape index (κ3) is 5.51. The van der Waals surface area contributed by atoms with Gasteiger partial charge in [0.05, 0.1) is 26.9 Å². The molecule has 2 N–H and O–H groups in total. The number of guanidine groups is 1. The van der Waals surface area contributed by atoms with Gasteiger partial charge in [0.15, 0.2) is 11.5 Å². The van der Waals surface area contributed by atoms with Gasteiger partial charge in [-0.3, -0.25) is 10.1 Å². The topological polar surface area (TPSA) is 81.2 Å². The highest BCUT2D eigenvalue weighted by Gasteiger charge is 2.17. The lowest BCUT2D eigenvalue weighted by Crippen LogP contribution is -2.37. The fourth-order valence-electron chi connectivity index (χ4n) is 3.25. The number of methoxy groups -OCH3 is 2. The molecule has 1 fully saturated rings. The van der Waals surface area contributed by atoms with Crippen LogP contribution < -0.4 is 20.1 Å². The summed E-state index contributed by atoms with van der Waals surface area (Å²) in [5.74, 6) is 1.15. The van der Waals surface area contributed by atoms with E-state index in [0.29, 0.717) is 29.6 Å². The summed E-state index contributed by atoms with van der Waals surface area (Å²) >= 11 is 0. The van der Waals surface area contributed by atoms with Crippen molar-refractivity contribution in [3.05, 3.63) is 53.1 Å². The summed E-state index contributed by atoms with van der Waals surface area (Å²) in [6.07, 6.45) is 2.10. The van der Waals surface area contributed by atoms with Crippen LogP contribution in [0.15, 0.2) is 41.4 Å². The Balaban J connectivity index is 1.81. The number of hydrogen-bond acceptors (Lipinski definition) is 5. The minimum absolute atomic E-state index is 0.0818. The molecule has 0 unspecified atom stereocenters. The minimum Gasteiger partial charge on any atom is -0.493 e. The third-order valence-electron chi connectivity index (χ3n) is 5.00. The molecule has 1 atom stereocenters. The van der Waals surface area contributed by atoms with Gasteiger partial charge in [-0.25, -0.2) is 4.99 Å². The molecule has 0 aromatic heterocycles. The Morgan fingerprint density at radius 2 is 1.93 bits per heavy atom. The molecule has 1 saturated heterocycles. The molecule has 0 bridgehead atoms. The quantitative estimate of drug-likeness (QED) is 0.560. The van der Waals surface area contributed by atoms with Gasteiger partial charge >= 0.3 is 0 Å². The molecule has 30 heavy (non-hydrogen) atoms. The largest absolute Gasteiger partial charge is 0.493 e. The molecule has 1 aliphatic rings. The Kier molecular flexibility index (Phi) is 7.30. The van der Waals surface area contributed by atoms with Crippen LogP contribution in [0.2, 0.25) is 0 Å². The lowest BCUT2D eigenvalue weighted by molar-refractivity contribution is 0.0975. The number of benzene rings is 2. The summed E-state index contributed by atoms with van der Waals surface area (Å²) in [6, 6.07) is 11.1. The number of hydrogen-bond donors (Lipinski definition) is 2. The van der Waals surface area contributed by atoms with Crippen molar-refractivity contribution in [2.75, 3.05) is 32.7 Å². The van der Waals surface area contributed by atoms with Gasteiger partial charge in [0, 0.05) is 17.9 Å². The highest BCUT2D eigenvalue weighted by Crippen LogP contribution is 2.27. The number of carbonyl (C=O) groups excluding carboxylic acids is 1. The fourth-order valence-corrected chi connectivity index (χ4v) is 3.25. The molecular weight excluding hydrogens is 382 g/mol. The van der Waals surface area contributed by atoms with E-state index >= 15 is 0 Å². The van der Waals surface area contributed by atoms with Gasteiger partial charge in [-0.05, 0) is 62.1 Å². The van der Waals surface area contributed by atoms with Crippen molar-refractivity contribution in [1.82, 2.24) is 5.32 Å². The van der Waals surface area contributed by atoms with Crippen LogP contribution in [0.5, 0.6) is 11.5 Å². The molecule has 0 spiro atoms. The molecule has 2 aromatic rings. The maximum Gasteiger partial charge on any atom is 0.258 e. The number of aryl methyl sites for hydroxylation is 2. The lowest BCUT2D eigenvalue weighted by atomic mass is 10.1. The monoisotopic (exact) mass is 411 g/mol. The van der Waals surface area contributed by atoms with E-state index in [0.717, 1.165) is 36.3 Å². The van der Waals surface area contributed by atoms with Crippen LogP contribution in [-0.4, -0.2) is 45.3 Å². The summed E-state index contributed by atoms with van der Waals surface area (Å²) < 4.78 is 16.2.